The molecule has 0 bridgehead atoms. The van der Waals surface area contributed by atoms with Gasteiger partial charge in [0.25, 0.3) is 11.5 Å². The smallest absolute Gasteiger partial charge is 0.255 e. The fourth-order valence-electron chi connectivity index (χ4n) is 4.25. The van der Waals surface area contributed by atoms with Crippen LogP contribution in [0.4, 0.5) is 5.95 Å². The van der Waals surface area contributed by atoms with E-state index in [2.05, 4.69) is 27.1 Å². The molecule has 9 heteroatoms. The molecular formula is C23H24N6O3. The molecular weight excluding hydrogens is 408 g/mol. The van der Waals surface area contributed by atoms with Gasteiger partial charge in [0.05, 0.1) is 24.5 Å². The van der Waals surface area contributed by atoms with Crippen LogP contribution in [-0.2, 0) is 29.5 Å². The predicted molar refractivity (Wildman–Crippen MR) is 118 cm³/mol. The molecule has 1 unspecified atom stereocenters. The highest BCUT2D eigenvalue weighted by molar-refractivity contribution is 5.82. The Kier molecular flexibility index (Phi) is 5.40. The van der Waals surface area contributed by atoms with E-state index in [0.29, 0.717) is 50.1 Å². The first kappa shape index (κ1) is 20.3. The molecule has 2 aliphatic rings. The Hall–Kier alpha value is -3.59. The molecule has 2 aliphatic heterocycles. The number of carbonyl (C=O) groups is 1. The van der Waals surface area contributed by atoms with Crippen LogP contribution < -0.4 is 10.5 Å². The highest BCUT2D eigenvalue weighted by Crippen LogP contribution is 2.22. The molecule has 0 saturated carbocycles. The normalized spacial score (nSPS) is 18.3. The molecule has 164 valence electrons. The molecule has 1 aromatic carbocycles. The van der Waals surface area contributed by atoms with E-state index in [1.165, 1.54) is 28.1 Å². The van der Waals surface area contributed by atoms with E-state index in [4.69, 9.17) is 4.74 Å². The number of benzene rings is 1. The summed E-state index contributed by atoms with van der Waals surface area (Å²) in [5.41, 5.74) is 3.34. The Morgan fingerprint density at radius 1 is 1.12 bits per heavy atom. The largest absolute Gasteiger partial charge is 0.365 e. The molecule has 3 aromatic rings. The first-order chi connectivity index (χ1) is 15.6. The summed E-state index contributed by atoms with van der Waals surface area (Å²) in [5, 5.41) is 0. The zero-order valence-corrected chi connectivity index (χ0v) is 17.8. The summed E-state index contributed by atoms with van der Waals surface area (Å²) >= 11 is 0. The minimum atomic E-state index is -0.603. The van der Waals surface area contributed by atoms with Gasteiger partial charge in [-0.25, -0.2) is 15.0 Å². The van der Waals surface area contributed by atoms with Crippen LogP contribution in [-0.4, -0.2) is 62.7 Å². The molecule has 0 spiro atoms. The minimum Gasteiger partial charge on any atom is -0.365 e. The SMILES string of the molecule is Cn1c(N2CCOC(C(=O)N3CCc4ccccc4C3)C2)nc(-c2ccncn2)cc1=O. The number of aromatic nitrogens is 4. The maximum absolute atomic E-state index is 13.2. The molecule has 1 amide bonds. The van der Waals surface area contributed by atoms with Crippen molar-refractivity contribution in [3.63, 3.8) is 0 Å². The van der Waals surface area contributed by atoms with Crippen LogP contribution in [0.3, 0.4) is 0 Å². The number of rotatable bonds is 3. The van der Waals surface area contributed by atoms with Gasteiger partial charge in [-0.3, -0.25) is 14.2 Å². The minimum absolute atomic E-state index is 0.0267. The van der Waals surface area contributed by atoms with Crippen LogP contribution in [0.25, 0.3) is 11.4 Å². The number of amides is 1. The van der Waals surface area contributed by atoms with E-state index in [1.54, 1.807) is 19.3 Å². The maximum atomic E-state index is 13.2. The monoisotopic (exact) mass is 432 g/mol. The molecule has 5 rings (SSSR count). The highest BCUT2D eigenvalue weighted by Gasteiger charge is 2.33. The summed E-state index contributed by atoms with van der Waals surface area (Å²) < 4.78 is 7.34. The Labute approximate surface area is 185 Å². The first-order valence-corrected chi connectivity index (χ1v) is 10.7. The molecule has 2 aromatic heterocycles. The van der Waals surface area contributed by atoms with E-state index in [9.17, 15) is 9.59 Å². The maximum Gasteiger partial charge on any atom is 0.255 e. The van der Waals surface area contributed by atoms with Crippen LogP contribution >= 0.6 is 0 Å². The second-order valence-electron chi connectivity index (χ2n) is 8.02. The van der Waals surface area contributed by atoms with Crippen LogP contribution in [0.15, 0.2) is 53.7 Å². The zero-order chi connectivity index (χ0) is 22.1. The molecule has 4 heterocycles. The van der Waals surface area contributed by atoms with Crippen molar-refractivity contribution in [1.82, 2.24) is 24.4 Å². The fourth-order valence-corrected chi connectivity index (χ4v) is 4.25. The summed E-state index contributed by atoms with van der Waals surface area (Å²) in [6.07, 6.45) is 3.28. The quantitative estimate of drug-likeness (QED) is 0.610. The number of hydrogen-bond acceptors (Lipinski definition) is 7. The van der Waals surface area contributed by atoms with Crippen LogP contribution in [0.5, 0.6) is 0 Å². The molecule has 1 fully saturated rings. The third kappa shape index (κ3) is 3.87. The van der Waals surface area contributed by atoms with E-state index in [-0.39, 0.29) is 11.5 Å². The van der Waals surface area contributed by atoms with Gasteiger partial charge in [-0.1, -0.05) is 24.3 Å². The average Bonchev–Trinajstić information content (AvgIpc) is 2.85. The van der Waals surface area contributed by atoms with Crippen LogP contribution in [0, 0.1) is 0 Å². The lowest BCUT2D eigenvalue weighted by Crippen LogP contribution is -2.53. The first-order valence-electron chi connectivity index (χ1n) is 10.7. The topological polar surface area (TPSA) is 93.4 Å². The second-order valence-corrected chi connectivity index (χ2v) is 8.02. The van der Waals surface area contributed by atoms with Gasteiger partial charge in [0.15, 0.2) is 6.10 Å². The van der Waals surface area contributed by atoms with E-state index in [1.807, 2.05) is 21.9 Å². The number of ether oxygens (including phenoxy) is 1. The number of nitrogens with zero attached hydrogens (tertiary/aromatic N) is 6. The summed E-state index contributed by atoms with van der Waals surface area (Å²) in [6.45, 7) is 2.53. The fraction of sp³-hybridized carbons (Fsp3) is 0.348. The van der Waals surface area contributed by atoms with E-state index in [0.717, 1.165) is 6.42 Å². The van der Waals surface area contributed by atoms with E-state index < -0.39 is 6.10 Å². The van der Waals surface area contributed by atoms with Gasteiger partial charge < -0.3 is 14.5 Å². The molecule has 0 aliphatic carbocycles. The molecule has 0 N–H and O–H groups in total. The van der Waals surface area contributed by atoms with Gasteiger partial charge in [0, 0.05) is 38.9 Å². The van der Waals surface area contributed by atoms with Gasteiger partial charge in [0.2, 0.25) is 5.95 Å². The summed E-state index contributed by atoms with van der Waals surface area (Å²) in [6, 6.07) is 11.4. The lowest BCUT2D eigenvalue weighted by atomic mass is 9.99. The van der Waals surface area contributed by atoms with Gasteiger partial charge in [0.1, 0.15) is 6.33 Å². The summed E-state index contributed by atoms with van der Waals surface area (Å²) in [5.74, 6) is 0.470. The third-order valence-electron chi connectivity index (χ3n) is 6.02. The van der Waals surface area contributed by atoms with Gasteiger partial charge in [-0.2, -0.15) is 0 Å². The van der Waals surface area contributed by atoms with Crippen molar-refractivity contribution in [2.75, 3.05) is 31.1 Å². The molecule has 1 atom stereocenters. The van der Waals surface area contributed by atoms with Gasteiger partial charge >= 0.3 is 0 Å². The Balaban J connectivity index is 1.37. The Bertz CT molecular complexity index is 1200. The molecule has 0 radical (unpaired) electrons. The Morgan fingerprint density at radius 3 is 2.78 bits per heavy atom. The third-order valence-corrected chi connectivity index (χ3v) is 6.02. The highest BCUT2D eigenvalue weighted by atomic mass is 16.5. The van der Waals surface area contributed by atoms with E-state index >= 15 is 0 Å². The molecule has 9 nitrogen and oxygen atoms in total. The van der Waals surface area contributed by atoms with Gasteiger partial charge in [-0.15, -0.1) is 0 Å². The number of hydrogen-bond donors (Lipinski definition) is 0. The van der Waals surface area contributed by atoms with Crippen LogP contribution in [0.1, 0.15) is 11.1 Å². The molecule has 32 heavy (non-hydrogen) atoms. The lowest BCUT2D eigenvalue weighted by molar-refractivity contribution is -0.145. The number of morpholine rings is 1. The van der Waals surface area contributed by atoms with Crippen molar-refractivity contribution >= 4 is 11.9 Å². The second kappa shape index (κ2) is 8.51. The number of carbonyl (C=O) groups excluding carboxylic acids is 1. The predicted octanol–water partition coefficient (Wildman–Crippen LogP) is 1.03. The van der Waals surface area contributed by atoms with Crippen LogP contribution in [0.2, 0.25) is 0 Å². The van der Waals surface area contributed by atoms with Crippen molar-refractivity contribution in [3.8, 4) is 11.4 Å². The zero-order valence-electron chi connectivity index (χ0n) is 17.8. The van der Waals surface area contributed by atoms with Gasteiger partial charge in [-0.05, 0) is 23.6 Å². The van der Waals surface area contributed by atoms with Crippen molar-refractivity contribution in [3.05, 3.63) is 70.4 Å². The van der Waals surface area contributed by atoms with Crippen molar-refractivity contribution in [2.24, 2.45) is 7.05 Å². The number of anilines is 1. The lowest BCUT2D eigenvalue weighted by Gasteiger charge is -2.37. The summed E-state index contributed by atoms with van der Waals surface area (Å²) in [7, 11) is 1.68. The number of fused-ring (bicyclic) bond motifs is 1. The summed E-state index contributed by atoms with van der Waals surface area (Å²) in [4.78, 5) is 42.5. The van der Waals surface area contributed by atoms with Crippen molar-refractivity contribution in [2.45, 2.75) is 19.1 Å². The van der Waals surface area contributed by atoms with Crippen molar-refractivity contribution in [1.29, 1.82) is 0 Å². The molecule has 1 saturated heterocycles. The van der Waals surface area contributed by atoms with Crippen molar-refractivity contribution < 1.29 is 9.53 Å². The average molecular weight is 432 g/mol. The standard InChI is InChI=1S/C23H24N6O3/c1-27-21(30)12-19(18-6-8-24-15-25-18)26-23(27)29-10-11-32-20(14-29)22(31)28-9-7-16-4-2-3-5-17(16)13-28/h2-6,8,12,15,20H,7,9-11,13-14H2,1H3. The Morgan fingerprint density at radius 2 is 1.97 bits per heavy atom.